The number of hydrogen-bond acceptors (Lipinski definition) is 2. The summed E-state index contributed by atoms with van der Waals surface area (Å²) in [7, 11) is 0. The fourth-order valence-electron chi connectivity index (χ4n) is 2.76. The monoisotopic (exact) mass is 290 g/mol. The minimum absolute atomic E-state index is 0.218. The van der Waals surface area contributed by atoms with E-state index in [2.05, 4.69) is 0 Å². The quantitative estimate of drug-likeness (QED) is 0.940. The Kier molecular flexibility index (Phi) is 3.99. The zero-order valence-corrected chi connectivity index (χ0v) is 11.4. The maximum atomic E-state index is 13.2. The van der Waals surface area contributed by atoms with Gasteiger partial charge >= 0.3 is 0 Å². The van der Waals surface area contributed by atoms with Crippen molar-refractivity contribution in [2.24, 2.45) is 0 Å². The lowest BCUT2D eigenvalue weighted by molar-refractivity contribution is -0.0460. The summed E-state index contributed by atoms with van der Waals surface area (Å²) >= 11 is 0. The summed E-state index contributed by atoms with van der Waals surface area (Å²) in [4.78, 5) is 0. The van der Waals surface area contributed by atoms with E-state index >= 15 is 0 Å². The molecule has 3 rings (SSSR count). The van der Waals surface area contributed by atoms with Crippen molar-refractivity contribution in [2.75, 3.05) is 6.61 Å². The van der Waals surface area contributed by atoms with Crippen LogP contribution in [0.2, 0.25) is 0 Å². The van der Waals surface area contributed by atoms with Gasteiger partial charge < -0.3 is 9.84 Å². The van der Waals surface area contributed by atoms with Crippen molar-refractivity contribution in [3.05, 3.63) is 70.8 Å². The van der Waals surface area contributed by atoms with Gasteiger partial charge in [-0.15, -0.1) is 0 Å². The average Bonchev–Trinajstić information content (AvgIpc) is 2.50. The average molecular weight is 290 g/mol. The van der Waals surface area contributed by atoms with Gasteiger partial charge in [-0.25, -0.2) is 8.78 Å². The van der Waals surface area contributed by atoms with Crippen molar-refractivity contribution in [3.8, 4) is 0 Å². The van der Waals surface area contributed by atoms with Crippen LogP contribution in [-0.2, 0) is 17.6 Å². The molecule has 0 bridgehead atoms. The molecule has 0 aromatic heterocycles. The smallest absolute Gasteiger partial charge is 0.159 e. The number of hydrogen-bond donors (Lipinski definition) is 1. The first-order chi connectivity index (χ1) is 10.1. The van der Waals surface area contributed by atoms with Crippen LogP contribution in [0.15, 0.2) is 42.5 Å². The summed E-state index contributed by atoms with van der Waals surface area (Å²) in [5.41, 5.74) is 2.69. The molecule has 1 N–H and O–H groups in total. The molecule has 0 spiro atoms. The third-order valence-corrected chi connectivity index (χ3v) is 3.81. The Morgan fingerprint density at radius 3 is 2.76 bits per heavy atom. The van der Waals surface area contributed by atoms with Crippen LogP contribution in [0.25, 0.3) is 0 Å². The van der Waals surface area contributed by atoms with Gasteiger partial charge in [0.15, 0.2) is 11.6 Å². The second-order valence-electron chi connectivity index (χ2n) is 5.26. The van der Waals surface area contributed by atoms with Gasteiger partial charge in [0, 0.05) is 6.42 Å². The zero-order chi connectivity index (χ0) is 14.8. The Bertz CT molecular complexity index is 642. The molecule has 1 heterocycles. The van der Waals surface area contributed by atoms with Gasteiger partial charge in [-0.1, -0.05) is 30.3 Å². The molecule has 0 saturated carbocycles. The van der Waals surface area contributed by atoms with E-state index < -0.39 is 23.8 Å². The van der Waals surface area contributed by atoms with Crippen molar-refractivity contribution in [2.45, 2.75) is 25.0 Å². The molecule has 0 radical (unpaired) electrons. The molecule has 2 aromatic carbocycles. The topological polar surface area (TPSA) is 29.5 Å². The standard InChI is InChI=1S/C17H16F2O2/c18-14-6-5-11(9-15(14)19)10-16(20)17-13-4-2-1-3-12(13)7-8-21-17/h1-6,9,16-17,20H,7-8,10H2. The molecule has 2 aromatic rings. The number of ether oxygens (including phenoxy) is 1. The van der Waals surface area contributed by atoms with E-state index in [1.54, 1.807) is 0 Å². The van der Waals surface area contributed by atoms with Crippen molar-refractivity contribution in [1.82, 2.24) is 0 Å². The summed E-state index contributed by atoms with van der Waals surface area (Å²) in [6.45, 7) is 0.552. The Morgan fingerprint density at radius 1 is 1.14 bits per heavy atom. The van der Waals surface area contributed by atoms with Crippen LogP contribution in [0.1, 0.15) is 22.8 Å². The predicted octanol–water partition coefficient (Wildman–Crippen LogP) is 3.18. The number of benzene rings is 2. The summed E-state index contributed by atoms with van der Waals surface area (Å²) in [5.74, 6) is -1.78. The van der Waals surface area contributed by atoms with Crippen molar-refractivity contribution >= 4 is 0 Å². The van der Waals surface area contributed by atoms with E-state index in [0.29, 0.717) is 12.2 Å². The van der Waals surface area contributed by atoms with E-state index in [0.717, 1.165) is 29.7 Å². The van der Waals surface area contributed by atoms with Crippen LogP contribution >= 0.6 is 0 Å². The highest BCUT2D eigenvalue weighted by molar-refractivity contribution is 5.32. The highest BCUT2D eigenvalue weighted by Gasteiger charge is 2.27. The van der Waals surface area contributed by atoms with Gasteiger partial charge in [0.2, 0.25) is 0 Å². The lowest BCUT2D eigenvalue weighted by Gasteiger charge is -2.29. The fourth-order valence-corrected chi connectivity index (χ4v) is 2.76. The fraction of sp³-hybridized carbons (Fsp3) is 0.294. The SMILES string of the molecule is OC(Cc1ccc(F)c(F)c1)C1OCCc2ccccc21. The van der Waals surface area contributed by atoms with Crippen LogP contribution in [0, 0.1) is 11.6 Å². The lowest BCUT2D eigenvalue weighted by atomic mass is 9.92. The van der Waals surface area contributed by atoms with E-state index in [1.807, 2.05) is 24.3 Å². The largest absolute Gasteiger partial charge is 0.390 e. The summed E-state index contributed by atoms with van der Waals surface area (Å²) < 4.78 is 31.8. The predicted molar refractivity (Wildman–Crippen MR) is 74.9 cm³/mol. The van der Waals surface area contributed by atoms with E-state index in [1.165, 1.54) is 6.07 Å². The Morgan fingerprint density at radius 2 is 1.95 bits per heavy atom. The zero-order valence-electron chi connectivity index (χ0n) is 11.4. The molecular formula is C17H16F2O2. The minimum atomic E-state index is -0.898. The third kappa shape index (κ3) is 2.96. The van der Waals surface area contributed by atoms with Crippen LogP contribution in [0.5, 0.6) is 0 Å². The first-order valence-electron chi connectivity index (χ1n) is 6.96. The van der Waals surface area contributed by atoms with Gasteiger partial charge in [0.25, 0.3) is 0 Å². The number of rotatable bonds is 3. The van der Waals surface area contributed by atoms with Crippen LogP contribution in [0.4, 0.5) is 8.78 Å². The Labute approximate surface area is 122 Å². The molecule has 2 unspecified atom stereocenters. The first kappa shape index (κ1) is 14.2. The Hall–Kier alpha value is -1.78. The van der Waals surface area contributed by atoms with E-state index in [9.17, 15) is 13.9 Å². The van der Waals surface area contributed by atoms with Crippen molar-refractivity contribution in [1.29, 1.82) is 0 Å². The molecule has 21 heavy (non-hydrogen) atoms. The molecule has 4 heteroatoms. The molecular weight excluding hydrogens is 274 g/mol. The molecule has 1 aliphatic heterocycles. The molecule has 1 aliphatic rings. The van der Waals surface area contributed by atoms with E-state index in [-0.39, 0.29) is 6.42 Å². The highest BCUT2D eigenvalue weighted by Crippen LogP contribution is 2.31. The number of aliphatic hydroxyl groups excluding tert-OH is 1. The lowest BCUT2D eigenvalue weighted by Crippen LogP contribution is -2.28. The maximum Gasteiger partial charge on any atom is 0.159 e. The van der Waals surface area contributed by atoms with Crippen LogP contribution in [-0.4, -0.2) is 17.8 Å². The number of fused-ring (bicyclic) bond motifs is 1. The highest BCUT2D eigenvalue weighted by atomic mass is 19.2. The molecule has 2 atom stereocenters. The maximum absolute atomic E-state index is 13.2. The molecule has 0 aliphatic carbocycles. The second-order valence-corrected chi connectivity index (χ2v) is 5.26. The van der Waals surface area contributed by atoms with Crippen LogP contribution < -0.4 is 0 Å². The number of aliphatic hydroxyl groups is 1. The second kappa shape index (κ2) is 5.92. The third-order valence-electron chi connectivity index (χ3n) is 3.81. The minimum Gasteiger partial charge on any atom is -0.390 e. The molecule has 0 fully saturated rings. The Balaban J connectivity index is 1.80. The summed E-state index contributed by atoms with van der Waals surface area (Å²) in [6, 6.07) is 11.5. The van der Waals surface area contributed by atoms with Gasteiger partial charge in [-0.2, -0.15) is 0 Å². The molecule has 0 amide bonds. The van der Waals surface area contributed by atoms with Crippen LogP contribution in [0.3, 0.4) is 0 Å². The molecule has 0 saturated heterocycles. The first-order valence-corrected chi connectivity index (χ1v) is 6.96. The van der Waals surface area contributed by atoms with Gasteiger partial charge in [-0.3, -0.25) is 0 Å². The van der Waals surface area contributed by atoms with Gasteiger partial charge in [0.05, 0.1) is 12.7 Å². The number of halogens is 2. The van der Waals surface area contributed by atoms with Crippen molar-refractivity contribution < 1.29 is 18.6 Å². The molecule has 2 nitrogen and oxygen atoms in total. The summed E-state index contributed by atoms with van der Waals surface area (Å²) in [5, 5.41) is 10.4. The van der Waals surface area contributed by atoms with Crippen molar-refractivity contribution in [3.63, 3.8) is 0 Å². The van der Waals surface area contributed by atoms with Gasteiger partial charge in [0.1, 0.15) is 6.10 Å². The van der Waals surface area contributed by atoms with Gasteiger partial charge in [-0.05, 0) is 35.2 Å². The molecule has 110 valence electrons. The normalized spacial score (nSPS) is 19.1. The van der Waals surface area contributed by atoms with E-state index in [4.69, 9.17) is 4.74 Å². The summed E-state index contributed by atoms with van der Waals surface area (Å²) in [6.07, 6.45) is -0.180.